The third-order valence-corrected chi connectivity index (χ3v) is 3.94. The normalized spacial score (nSPS) is 12.9. The van der Waals surface area contributed by atoms with Gasteiger partial charge in [0.2, 0.25) is 5.65 Å². The second-order valence-electron chi connectivity index (χ2n) is 2.90. The van der Waals surface area contributed by atoms with Gasteiger partial charge in [-0.3, -0.25) is 0 Å². The number of nitrogens with zero attached hydrogens (tertiary/aromatic N) is 4. The first-order valence-corrected chi connectivity index (χ1v) is 6.84. The molecule has 0 saturated carbocycles. The molecule has 0 saturated heterocycles. The van der Waals surface area contributed by atoms with E-state index < -0.39 is 5.38 Å². The Labute approximate surface area is 105 Å². The largest absolute Gasteiger partial charge is 0.302 e. The Bertz CT molecular complexity index is 518. The standard InChI is InChI=1S/C8H7ClN4OS2/c1-15-8-11-6-7(16-8)10-5(12-13-6)2-4(9)3-14/h3-4H,2H2,1H3. The number of aldehydes is 1. The summed E-state index contributed by atoms with van der Waals surface area (Å²) in [6.07, 6.45) is 2.89. The van der Waals surface area contributed by atoms with Crippen molar-refractivity contribution in [3.63, 3.8) is 0 Å². The molecule has 5 nitrogen and oxygen atoms in total. The van der Waals surface area contributed by atoms with E-state index >= 15 is 0 Å². The van der Waals surface area contributed by atoms with Crippen LogP contribution in [0.1, 0.15) is 5.82 Å². The molecule has 2 rings (SSSR count). The zero-order chi connectivity index (χ0) is 11.5. The molecule has 1 unspecified atom stereocenters. The van der Waals surface area contributed by atoms with E-state index in [9.17, 15) is 4.79 Å². The van der Waals surface area contributed by atoms with Gasteiger partial charge in [0.05, 0.1) is 5.38 Å². The number of hydrogen-bond acceptors (Lipinski definition) is 7. The number of thiazole rings is 1. The molecule has 16 heavy (non-hydrogen) atoms. The number of halogens is 1. The number of aromatic nitrogens is 4. The van der Waals surface area contributed by atoms with Gasteiger partial charge in [0.1, 0.15) is 6.29 Å². The van der Waals surface area contributed by atoms with E-state index in [0.717, 1.165) is 9.17 Å². The second kappa shape index (κ2) is 5.03. The lowest BCUT2D eigenvalue weighted by Gasteiger charge is -1.98. The van der Waals surface area contributed by atoms with E-state index in [2.05, 4.69) is 20.2 Å². The number of rotatable bonds is 4. The average molecular weight is 275 g/mol. The van der Waals surface area contributed by atoms with E-state index in [1.807, 2.05) is 6.26 Å². The number of alkyl halides is 1. The molecular formula is C8H7ClN4OS2. The van der Waals surface area contributed by atoms with Gasteiger partial charge >= 0.3 is 0 Å². The number of carbonyl (C=O) groups excluding carboxylic acids is 1. The summed E-state index contributed by atoms with van der Waals surface area (Å²) in [7, 11) is 0. The highest BCUT2D eigenvalue weighted by molar-refractivity contribution is 8.00. The summed E-state index contributed by atoms with van der Waals surface area (Å²) in [6.45, 7) is 0. The molecule has 0 aromatic carbocycles. The highest BCUT2D eigenvalue weighted by atomic mass is 35.5. The Morgan fingerprint density at radius 2 is 2.31 bits per heavy atom. The van der Waals surface area contributed by atoms with Crippen LogP contribution in [-0.4, -0.2) is 38.1 Å². The number of hydrogen-bond donors (Lipinski definition) is 0. The van der Waals surface area contributed by atoms with Crippen LogP contribution in [0, 0.1) is 0 Å². The van der Waals surface area contributed by atoms with Gasteiger partial charge in [-0.1, -0.05) is 23.1 Å². The first kappa shape index (κ1) is 11.7. The Morgan fingerprint density at radius 3 is 3.00 bits per heavy atom. The van der Waals surface area contributed by atoms with E-state index in [-0.39, 0.29) is 0 Å². The van der Waals surface area contributed by atoms with E-state index in [4.69, 9.17) is 11.6 Å². The van der Waals surface area contributed by atoms with Crippen LogP contribution < -0.4 is 0 Å². The van der Waals surface area contributed by atoms with Crippen molar-refractivity contribution in [1.82, 2.24) is 20.2 Å². The minimum Gasteiger partial charge on any atom is -0.302 e. The van der Waals surface area contributed by atoms with Crippen molar-refractivity contribution >= 4 is 51.5 Å². The summed E-state index contributed by atoms with van der Waals surface area (Å²) in [5.41, 5.74) is 0.537. The quantitative estimate of drug-likeness (QED) is 0.479. The van der Waals surface area contributed by atoms with Crippen molar-refractivity contribution in [1.29, 1.82) is 0 Å². The van der Waals surface area contributed by atoms with Crippen LogP contribution in [-0.2, 0) is 11.2 Å². The number of carbonyl (C=O) groups is 1. The molecular weight excluding hydrogens is 268 g/mol. The predicted octanol–water partition coefficient (Wildman–Crippen LogP) is 1.55. The fraction of sp³-hybridized carbons (Fsp3) is 0.375. The Kier molecular flexibility index (Phi) is 3.67. The smallest absolute Gasteiger partial charge is 0.212 e. The molecule has 0 aliphatic carbocycles. The first-order valence-electron chi connectivity index (χ1n) is 4.36. The predicted molar refractivity (Wildman–Crippen MR) is 64.2 cm³/mol. The van der Waals surface area contributed by atoms with Crippen LogP contribution in [0.4, 0.5) is 0 Å². The van der Waals surface area contributed by atoms with E-state index in [0.29, 0.717) is 24.2 Å². The summed E-state index contributed by atoms with van der Waals surface area (Å²) in [4.78, 5) is 19.6. The van der Waals surface area contributed by atoms with Crippen LogP contribution in [0.5, 0.6) is 0 Å². The minimum absolute atomic E-state index is 0.292. The van der Waals surface area contributed by atoms with Crippen LogP contribution in [0.2, 0.25) is 0 Å². The van der Waals surface area contributed by atoms with Crippen molar-refractivity contribution in [2.45, 2.75) is 16.1 Å². The maximum atomic E-state index is 10.4. The summed E-state index contributed by atoms with van der Waals surface area (Å²) in [6, 6.07) is 0. The zero-order valence-electron chi connectivity index (χ0n) is 8.25. The van der Waals surface area contributed by atoms with Gasteiger partial charge in [-0.25, -0.2) is 9.97 Å². The van der Waals surface area contributed by atoms with Crippen molar-refractivity contribution in [2.24, 2.45) is 0 Å². The lowest BCUT2D eigenvalue weighted by molar-refractivity contribution is -0.107. The molecule has 2 aromatic rings. The molecule has 0 fully saturated rings. The summed E-state index contributed by atoms with van der Waals surface area (Å²) in [5.74, 6) is 0.468. The van der Waals surface area contributed by atoms with Gasteiger partial charge < -0.3 is 4.79 Å². The maximum absolute atomic E-state index is 10.4. The van der Waals surface area contributed by atoms with Gasteiger partial charge in [-0.05, 0) is 6.26 Å². The number of thioether (sulfide) groups is 1. The Balaban J connectivity index is 2.31. The topological polar surface area (TPSA) is 68.6 Å². The fourth-order valence-electron chi connectivity index (χ4n) is 1.06. The maximum Gasteiger partial charge on any atom is 0.212 e. The molecule has 0 N–H and O–H groups in total. The minimum atomic E-state index is -0.604. The van der Waals surface area contributed by atoms with Gasteiger partial charge in [-0.15, -0.1) is 21.8 Å². The molecule has 0 radical (unpaired) electrons. The van der Waals surface area contributed by atoms with Crippen LogP contribution >= 0.6 is 34.7 Å². The van der Waals surface area contributed by atoms with Crippen LogP contribution in [0.25, 0.3) is 10.5 Å². The third-order valence-electron chi connectivity index (χ3n) is 1.76. The summed E-state index contributed by atoms with van der Waals surface area (Å²) < 4.78 is 0.895. The summed E-state index contributed by atoms with van der Waals surface area (Å²) in [5, 5.41) is 7.20. The second-order valence-corrected chi connectivity index (χ2v) is 5.49. The Hall–Kier alpha value is -0.790. The Morgan fingerprint density at radius 1 is 1.50 bits per heavy atom. The third kappa shape index (κ3) is 2.47. The molecule has 2 heterocycles. The average Bonchev–Trinajstić information content (AvgIpc) is 2.71. The fourth-order valence-corrected chi connectivity index (χ4v) is 2.58. The molecule has 1 atom stereocenters. The van der Waals surface area contributed by atoms with Gasteiger partial charge in [0, 0.05) is 6.42 Å². The van der Waals surface area contributed by atoms with Gasteiger partial charge in [-0.2, -0.15) is 0 Å². The van der Waals surface area contributed by atoms with E-state index in [1.54, 1.807) is 0 Å². The summed E-state index contributed by atoms with van der Waals surface area (Å²) >= 11 is 8.68. The lowest BCUT2D eigenvalue weighted by Crippen LogP contribution is -2.08. The van der Waals surface area contributed by atoms with Crippen molar-refractivity contribution in [3.05, 3.63) is 5.82 Å². The van der Waals surface area contributed by atoms with Crippen molar-refractivity contribution < 1.29 is 4.79 Å². The molecule has 0 amide bonds. The molecule has 0 spiro atoms. The van der Waals surface area contributed by atoms with Crippen LogP contribution in [0.3, 0.4) is 0 Å². The molecule has 8 heteroatoms. The molecule has 84 valence electrons. The number of fused-ring (bicyclic) bond motifs is 1. The SMILES string of the molecule is CSc1nc2nnc(CC(Cl)C=O)nc2s1. The van der Waals surface area contributed by atoms with Gasteiger partial charge in [0.15, 0.2) is 15.0 Å². The van der Waals surface area contributed by atoms with E-state index in [1.165, 1.54) is 23.1 Å². The van der Waals surface area contributed by atoms with Crippen LogP contribution in [0.15, 0.2) is 4.34 Å². The van der Waals surface area contributed by atoms with Crippen molar-refractivity contribution in [2.75, 3.05) is 6.26 Å². The van der Waals surface area contributed by atoms with Crippen molar-refractivity contribution in [3.8, 4) is 0 Å². The molecule has 0 bridgehead atoms. The first-order chi connectivity index (χ1) is 7.72. The highest BCUT2D eigenvalue weighted by Gasteiger charge is 2.11. The molecule has 0 aliphatic rings. The zero-order valence-corrected chi connectivity index (χ0v) is 10.6. The molecule has 0 aliphatic heterocycles. The van der Waals surface area contributed by atoms with Gasteiger partial charge in [0.25, 0.3) is 0 Å². The highest BCUT2D eigenvalue weighted by Crippen LogP contribution is 2.25. The molecule has 2 aromatic heterocycles. The monoisotopic (exact) mass is 274 g/mol. The lowest BCUT2D eigenvalue weighted by atomic mass is 10.3.